The summed E-state index contributed by atoms with van der Waals surface area (Å²) < 4.78 is 30.8. The lowest BCUT2D eigenvalue weighted by molar-refractivity contribution is -0.153. The van der Waals surface area contributed by atoms with Crippen molar-refractivity contribution in [3.63, 3.8) is 0 Å². The molecule has 11 heteroatoms. The minimum atomic E-state index is -3.66. The van der Waals surface area contributed by atoms with E-state index in [1.807, 2.05) is 12.1 Å². The van der Waals surface area contributed by atoms with Crippen LogP contribution in [-0.4, -0.2) is 56.0 Å². The quantitative estimate of drug-likeness (QED) is 0.587. The molecule has 0 radical (unpaired) electrons. The standard InChI is InChI=1S/C21H23N3O6S2/c1-13(20(26)22-14-7-6-8-15(11-14)32(28,29)24(2)3)30-19(25)12-18-21(27)23-16-9-4-5-10-17(16)31-18/h4-11,13,18H,12H2,1-3H3,(H,22,26)(H,23,27)/t13-,18+/m0/s1. The van der Waals surface area contributed by atoms with Gasteiger partial charge in [0.05, 0.1) is 22.3 Å². The fraction of sp³-hybridized carbons (Fsp3) is 0.286. The Morgan fingerprint density at radius 2 is 1.91 bits per heavy atom. The number of hydrogen-bond acceptors (Lipinski definition) is 7. The Morgan fingerprint density at radius 3 is 2.62 bits per heavy atom. The van der Waals surface area contributed by atoms with Crippen LogP contribution in [0, 0.1) is 0 Å². The molecule has 2 amide bonds. The summed E-state index contributed by atoms with van der Waals surface area (Å²) in [6.07, 6.45) is -1.33. The van der Waals surface area contributed by atoms with Gasteiger partial charge in [-0.15, -0.1) is 11.8 Å². The van der Waals surface area contributed by atoms with Gasteiger partial charge in [0.25, 0.3) is 5.91 Å². The van der Waals surface area contributed by atoms with Crippen LogP contribution < -0.4 is 10.6 Å². The third kappa shape index (κ3) is 5.47. The van der Waals surface area contributed by atoms with Gasteiger partial charge in [0.1, 0.15) is 0 Å². The van der Waals surface area contributed by atoms with Crippen molar-refractivity contribution in [1.82, 2.24) is 4.31 Å². The minimum absolute atomic E-state index is 0.0190. The predicted molar refractivity (Wildman–Crippen MR) is 121 cm³/mol. The first-order valence-corrected chi connectivity index (χ1v) is 12.0. The number of thioether (sulfide) groups is 1. The normalized spacial score (nSPS) is 16.6. The second-order valence-corrected chi connectivity index (χ2v) is 10.6. The average Bonchev–Trinajstić information content (AvgIpc) is 2.74. The van der Waals surface area contributed by atoms with Crippen molar-refractivity contribution < 1.29 is 27.5 Å². The highest BCUT2D eigenvalue weighted by molar-refractivity contribution is 8.01. The summed E-state index contributed by atoms with van der Waals surface area (Å²) in [6, 6.07) is 13.0. The van der Waals surface area contributed by atoms with Crippen LogP contribution in [0.2, 0.25) is 0 Å². The van der Waals surface area contributed by atoms with Crippen molar-refractivity contribution in [2.24, 2.45) is 0 Å². The monoisotopic (exact) mass is 477 g/mol. The maximum absolute atomic E-state index is 12.4. The van der Waals surface area contributed by atoms with Crippen LogP contribution in [0.1, 0.15) is 13.3 Å². The van der Waals surface area contributed by atoms with Gasteiger partial charge in [-0.05, 0) is 37.3 Å². The third-order valence-electron chi connectivity index (χ3n) is 4.62. The molecule has 2 aromatic rings. The number of para-hydroxylation sites is 1. The van der Waals surface area contributed by atoms with Gasteiger partial charge in [-0.3, -0.25) is 14.4 Å². The van der Waals surface area contributed by atoms with Crippen molar-refractivity contribution in [2.75, 3.05) is 24.7 Å². The van der Waals surface area contributed by atoms with Gasteiger partial charge in [0.2, 0.25) is 15.9 Å². The van der Waals surface area contributed by atoms with E-state index >= 15 is 0 Å². The summed E-state index contributed by atoms with van der Waals surface area (Å²) >= 11 is 1.26. The van der Waals surface area contributed by atoms with E-state index in [4.69, 9.17) is 4.74 Å². The second kappa shape index (κ2) is 9.72. The van der Waals surface area contributed by atoms with Crippen LogP contribution in [-0.2, 0) is 29.1 Å². The maximum Gasteiger partial charge on any atom is 0.308 e. The number of fused-ring (bicyclic) bond motifs is 1. The van der Waals surface area contributed by atoms with Crippen LogP contribution >= 0.6 is 11.8 Å². The summed E-state index contributed by atoms with van der Waals surface area (Å²) in [5.74, 6) is -1.62. The first-order chi connectivity index (χ1) is 15.1. The Hall–Kier alpha value is -2.89. The summed E-state index contributed by atoms with van der Waals surface area (Å²) in [5.41, 5.74) is 0.943. The molecule has 1 aliphatic rings. The topological polar surface area (TPSA) is 122 Å². The molecule has 32 heavy (non-hydrogen) atoms. The van der Waals surface area contributed by atoms with Crippen molar-refractivity contribution in [3.8, 4) is 0 Å². The zero-order valence-electron chi connectivity index (χ0n) is 17.7. The minimum Gasteiger partial charge on any atom is -0.452 e. The molecule has 0 saturated heterocycles. The molecule has 1 aliphatic heterocycles. The number of rotatable bonds is 7. The van der Waals surface area contributed by atoms with Crippen LogP contribution in [0.4, 0.5) is 11.4 Å². The highest BCUT2D eigenvalue weighted by Gasteiger charge is 2.30. The highest BCUT2D eigenvalue weighted by atomic mass is 32.2. The molecular weight excluding hydrogens is 454 g/mol. The number of nitrogens with one attached hydrogen (secondary N) is 2. The SMILES string of the molecule is C[C@H](OC(=O)C[C@H]1Sc2ccccc2NC1=O)C(=O)Nc1cccc(S(=O)(=O)N(C)C)c1. The molecule has 0 bridgehead atoms. The molecule has 1 heterocycles. The number of nitrogens with zero attached hydrogens (tertiary/aromatic N) is 1. The molecule has 2 N–H and O–H groups in total. The van der Waals surface area contributed by atoms with Gasteiger partial charge in [0, 0.05) is 24.7 Å². The Labute approximate surface area is 190 Å². The maximum atomic E-state index is 12.4. The number of carbonyl (C=O) groups excluding carboxylic acids is 3. The molecule has 0 fully saturated rings. The van der Waals surface area contributed by atoms with Gasteiger partial charge >= 0.3 is 5.97 Å². The van der Waals surface area contributed by atoms with Crippen molar-refractivity contribution in [1.29, 1.82) is 0 Å². The van der Waals surface area contributed by atoms with Gasteiger partial charge in [-0.25, -0.2) is 12.7 Å². The second-order valence-electron chi connectivity index (χ2n) is 7.23. The molecule has 0 aromatic heterocycles. The lowest BCUT2D eigenvalue weighted by atomic mass is 10.2. The molecule has 0 aliphatic carbocycles. The number of esters is 1. The Kier molecular flexibility index (Phi) is 7.22. The number of anilines is 2. The van der Waals surface area contributed by atoms with E-state index in [0.29, 0.717) is 5.69 Å². The number of sulfonamides is 1. The Balaban J connectivity index is 1.58. The lowest BCUT2D eigenvalue weighted by Crippen LogP contribution is -2.34. The summed E-state index contributed by atoms with van der Waals surface area (Å²) in [4.78, 5) is 37.9. The summed E-state index contributed by atoms with van der Waals surface area (Å²) in [7, 11) is -0.844. The van der Waals surface area contributed by atoms with E-state index in [2.05, 4.69) is 10.6 Å². The molecule has 0 saturated carbocycles. The van der Waals surface area contributed by atoms with E-state index in [0.717, 1.165) is 9.20 Å². The Morgan fingerprint density at radius 1 is 1.19 bits per heavy atom. The van der Waals surface area contributed by atoms with Crippen molar-refractivity contribution in [3.05, 3.63) is 48.5 Å². The van der Waals surface area contributed by atoms with Gasteiger partial charge in [-0.2, -0.15) is 0 Å². The summed E-state index contributed by atoms with van der Waals surface area (Å²) in [5, 5.41) is 4.62. The fourth-order valence-corrected chi connectivity index (χ4v) is 4.91. The smallest absolute Gasteiger partial charge is 0.308 e. The van der Waals surface area contributed by atoms with E-state index in [1.165, 1.54) is 57.0 Å². The van der Waals surface area contributed by atoms with E-state index in [-0.39, 0.29) is 22.9 Å². The fourth-order valence-electron chi connectivity index (χ4n) is 2.87. The largest absolute Gasteiger partial charge is 0.452 e. The first kappa shape index (κ1) is 23.8. The summed E-state index contributed by atoms with van der Waals surface area (Å²) in [6.45, 7) is 1.40. The number of benzene rings is 2. The molecule has 0 unspecified atom stereocenters. The predicted octanol–water partition coefficient (Wildman–Crippen LogP) is 2.31. The molecular formula is C21H23N3O6S2. The highest BCUT2D eigenvalue weighted by Crippen LogP contribution is 2.36. The molecule has 0 spiro atoms. The first-order valence-electron chi connectivity index (χ1n) is 9.67. The molecule has 2 atom stereocenters. The van der Waals surface area contributed by atoms with Gasteiger partial charge < -0.3 is 15.4 Å². The van der Waals surface area contributed by atoms with E-state index in [9.17, 15) is 22.8 Å². The number of carbonyl (C=O) groups is 3. The number of ether oxygens (including phenoxy) is 1. The zero-order valence-corrected chi connectivity index (χ0v) is 19.3. The molecule has 3 rings (SSSR count). The zero-order chi connectivity index (χ0) is 23.5. The van der Waals surface area contributed by atoms with Crippen molar-refractivity contribution in [2.45, 2.75) is 34.5 Å². The third-order valence-corrected chi connectivity index (χ3v) is 7.70. The van der Waals surface area contributed by atoms with E-state index < -0.39 is 33.3 Å². The van der Waals surface area contributed by atoms with Gasteiger partial charge in [0.15, 0.2) is 6.10 Å². The number of hydrogen-bond donors (Lipinski definition) is 2. The number of amides is 2. The van der Waals surface area contributed by atoms with Crippen molar-refractivity contribution >= 4 is 50.9 Å². The lowest BCUT2D eigenvalue weighted by Gasteiger charge is -2.23. The molecule has 2 aromatic carbocycles. The molecule has 9 nitrogen and oxygen atoms in total. The van der Waals surface area contributed by atoms with Crippen LogP contribution in [0.3, 0.4) is 0 Å². The van der Waals surface area contributed by atoms with Crippen LogP contribution in [0.25, 0.3) is 0 Å². The van der Waals surface area contributed by atoms with Gasteiger partial charge in [-0.1, -0.05) is 18.2 Å². The molecule has 170 valence electrons. The van der Waals surface area contributed by atoms with Crippen LogP contribution in [0.15, 0.2) is 58.3 Å². The van der Waals surface area contributed by atoms with Crippen LogP contribution in [0.5, 0.6) is 0 Å². The van der Waals surface area contributed by atoms with E-state index in [1.54, 1.807) is 12.1 Å². The average molecular weight is 478 g/mol. The Bertz CT molecular complexity index is 1150.